The highest BCUT2D eigenvalue weighted by Gasteiger charge is 2.17. The molecule has 0 aromatic heterocycles. The number of methoxy groups -OCH3 is 1. The fourth-order valence-electron chi connectivity index (χ4n) is 1.91. The van der Waals surface area contributed by atoms with Gasteiger partial charge in [-0.15, -0.1) is 0 Å². The highest BCUT2D eigenvalue weighted by atomic mass is 16.5. The van der Waals surface area contributed by atoms with Gasteiger partial charge in [-0.25, -0.2) is 0 Å². The third-order valence-corrected chi connectivity index (χ3v) is 2.96. The Bertz CT molecular complexity index is 718. The molecule has 0 bridgehead atoms. The zero-order valence-electron chi connectivity index (χ0n) is 9.21. The number of ether oxygens (including phenoxy) is 1. The molecule has 0 radical (unpaired) electrons. The summed E-state index contributed by atoms with van der Waals surface area (Å²) in [6, 6.07) is 1.46. The van der Waals surface area contributed by atoms with Crippen LogP contribution in [-0.4, -0.2) is 7.11 Å². The van der Waals surface area contributed by atoms with Crippen molar-refractivity contribution in [3.63, 3.8) is 0 Å². The van der Waals surface area contributed by atoms with Crippen molar-refractivity contribution < 1.29 is 4.74 Å². The summed E-state index contributed by atoms with van der Waals surface area (Å²) in [5.41, 5.74) is -0.981. The number of benzene rings is 1. The highest BCUT2D eigenvalue weighted by Crippen LogP contribution is 2.25. The first kappa shape index (κ1) is 10.5. The Morgan fingerprint density at radius 3 is 2.12 bits per heavy atom. The van der Waals surface area contributed by atoms with Crippen LogP contribution in [0.5, 0.6) is 5.75 Å². The minimum atomic E-state index is -0.953. The summed E-state index contributed by atoms with van der Waals surface area (Å²) in [4.78, 5) is 34.4. The summed E-state index contributed by atoms with van der Waals surface area (Å²) in [5, 5.41) is 0.392. The van der Waals surface area contributed by atoms with Crippen molar-refractivity contribution in [1.29, 1.82) is 0 Å². The van der Waals surface area contributed by atoms with E-state index in [2.05, 4.69) is 0 Å². The van der Waals surface area contributed by atoms with Crippen LogP contribution in [0.15, 0.2) is 20.4 Å². The fraction of sp³-hybridized carbons (Fsp3) is 0.250. The first-order chi connectivity index (χ1) is 7.49. The monoisotopic (exact) mass is 218 g/mol. The zero-order valence-corrected chi connectivity index (χ0v) is 9.21. The molecule has 2 aromatic carbocycles. The molecule has 0 aliphatic heterocycles. The Hall–Kier alpha value is -1.97. The van der Waals surface area contributed by atoms with Crippen molar-refractivity contribution in [3.8, 4) is 5.75 Å². The van der Waals surface area contributed by atoms with Gasteiger partial charge in [-0.05, 0) is 31.0 Å². The van der Waals surface area contributed by atoms with E-state index in [1.807, 2.05) is 0 Å². The molecule has 0 unspecified atom stereocenters. The molecule has 0 aliphatic carbocycles. The zero-order chi connectivity index (χ0) is 12.0. The lowest BCUT2D eigenvalue weighted by atomic mass is 10.0. The molecular weight excluding hydrogens is 208 g/mol. The van der Waals surface area contributed by atoms with Gasteiger partial charge in [-0.3, -0.25) is 14.4 Å². The molecule has 0 saturated carbocycles. The van der Waals surface area contributed by atoms with E-state index in [9.17, 15) is 14.4 Å². The summed E-state index contributed by atoms with van der Waals surface area (Å²) in [7, 11) is 1.48. The average molecular weight is 218 g/mol. The minimum Gasteiger partial charge on any atom is -0.496 e. The summed E-state index contributed by atoms with van der Waals surface area (Å²) in [6.45, 7) is 3.50. The number of aryl methyl sites for hydroxylation is 1. The molecule has 0 amide bonds. The highest BCUT2D eigenvalue weighted by molar-refractivity contribution is 5.89. The first-order valence-corrected chi connectivity index (χ1v) is 4.80. The largest absolute Gasteiger partial charge is 0.496 e. The molecule has 0 spiro atoms. The summed E-state index contributed by atoms with van der Waals surface area (Å²) in [5.74, 6) is 0.520. The van der Waals surface area contributed by atoms with Gasteiger partial charge in [0.15, 0.2) is 0 Å². The topological polar surface area (TPSA) is 60.4 Å². The van der Waals surface area contributed by atoms with Gasteiger partial charge >= 0.3 is 0 Å². The van der Waals surface area contributed by atoms with Crippen LogP contribution in [0.1, 0.15) is 11.1 Å². The second kappa shape index (κ2) is 3.27. The van der Waals surface area contributed by atoms with Gasteiger partial charge in [-0.1, -0.05) is 0 Å². The lowest BCUT2D eigenvalue weighted by Crippen LogP contribution is -2.29. The summed E-state index contributed by atoms with van der Waals surface area (Å²) < 4.78 is 5.10. The number of hydrogen-bond donors (Lipinski definition) is 0. The van der Waals surface area contributed by atoms with E-state index in [0.29, 0.717) is 11.3 Å². The molecule has 4 heteroatoms. The van der Waals surface area contributed by atoms with Crippen molar-refractivity contribution in [3.05, 3.63) is 47.9 Å². The van der Waals surface area contributed by atoms with E-state index in [4.69, 9.17) is 4.74 Å². The van der Waals surface area contributed by atoms with E-state index in [1.165, 1.54) is 13.2 Å². The van der Waals surface area contributed by atoms with Crippen LogP contribution in [0.25, 0.3) is 10.8 Å². The summed E-state index contributed by atoms with van der Waals surface area (Å²) in [6.07, 6.45) is 0. The minimum absolute atomic E-state index is 0.162. The molecule has 0 fully saturated rings. The molecular formula is C12H10O4. The third-order valence-electron chi connectivity index (χ3n) is 2.96. The van der Waals surface area contributed by atoms with E-state index in [-0.39, 0.29) is 10.8 Å². The summed E-state index contributed by atoms with van der Waals surface area (Å²) >= 11 is 0. The van der Waals surface area contributed by atoms with Crippen LogP contribution >= 0.6 is 0 Å². The Morgan fingerprint density at radius 1 is 0.938 bits per heavy atom. The number of rotatable bonds is 1. The predicted molar refractivity (Wildman–Crippen MR) is 61.2 cm³/mol. The maximum atomic E-state index is 11.6. The molecule has 4 nitrogen and oxygen atoms in total. The molecule has 82 valence electrons. The van der Waals surface area contributed by atoms with Crippen LogP contribution in [0, 0.1) is 13.8 Å². The number of fused-ring (bicyclic) bond motifs is 1. The molecule has 2 rings (SSSR count). The van der Waals surface area contributed by atoms with Gasteiger partial charge in [0.25, 0.3) is 5.43 Å². The lowest BCUT2D eigenvalue weighted by molar-refractivity contribution is 0.412. The SMILES string of the molecule is COc1cc2c(=O)c(=O)c(=O)c2c(C)c1C. The van der Waals surface area contributed by atoms with E-state index in [1.54, 1.807) is 13.8 Å². The van der Waals surface area contributed by atoms with Crippen molar-refractivity contribution in [2.45, 2.75) is 13.8 Å². The third kappa shape index (κ3) is 1.13. The van der Waals surface area contributed by atoms with Crippen LogP contribution in [-0.2, 0) is 0 Å². The molecule has 0 heterocycles. The van der Waals surface area contributed by atoms with Gasteiger partial charge in [0.1, 0.15) is 5.75 Å². The van der Waals surface area contributed by atoms with Gasteiger partial charge < -0.3 is 4.74 Å². The van der Waals surface area contributed by atoms with E-state index in [0.717, 1.165) is 5.56 Å². The maximum Gasteiger partial charge on any atom is 0.273 e. The lowest BCUT2D eigenvalue weighted by Gasteiger charge is -2.07. The molecule has 0 N–H and O–H groups in total. The molecule has 0 atom stereocenters. The smallest absolute Gasteiger partial charge is 0.273 e. The molecule has 2 aromatic rings. The van der Waals surface area contributed by atoms with Crippen LogP contribution in [0.2, 0.25) is 0 Å². The first-order valence-electron chi connectivity index (χ1n) is 4.80. The maximum absolute atomic E-state index is 11.6. The van der Waals surface area contributed by atoms with Gasteiger partial charge in [0, 0.05) is 10.8 Å². The predicted octanol–water partition coefficient (Wildman–Crippen LogP) is 0.421. The molecule has 0 saturated heterocycles. The Kier molecular flexibility index (Phi) is 2.15. The van der Waals surface area contributed by atoms with Gasteiger partial charge in [0.05, 0.1) is 7.11 Å². The van der Waals surface area contributed by atoms with Crippen molar-refractivity contribution in [2.24, 2.45) is 0 Å². The van der Waals surface area contributed by atoms with E-state index < -0.39 is 16.3 Å². The van der Waals surface area contributed by atoms with Crippen LogP contribution in [0.3, 0.4) is 0 Å². The normalized spacial score (nSPS) is 10.9. The van der Waals surface area contributed by atoms with Gasteiger partial charge in [-0.2, -0.15) is 0 Å². The van der Waals surface area contributed by atoms with E-state index >= 15 is 0 Å². The van der Waals surface area contributed by atoms with Crippen LogP contribution in [0.4, 0.5) is 0 Å². The van der Waals surface area contributed by atoms with Crippen molar-refractivity contribution in [1.82, 2.24) is 0 Å². The van der Waals surface area contributed by atoms with Crippen molar-refractivity contribution in [2.75, 3.05) is 7.11 Å². The van der Waals surface area contributed by atoms with Gasteiger partial charge in [0.2, 0.25) is 10.9 Å². The quantitative estimate of drug-likeness (QED) is 0.651. The van der Waals surface area contributed by atoms with Crippen LogP contribution < -0.4 is 21.0 Å². The second-order valence-corrected chi connectivity index (χ2v) is 3.74. The van der Waals surface area contributed by atoms with Crippen molar-refractivity contribution >= 4 is 10.8 Å². The average Bonchev–Trinajstić information content (AvgIpc) is 2.48. The molecule has 16 heavy (non-hydrogen) atoms. The molecule has 0 aliphatic rings. The Balaban J connectivity index is 3.18. The Labute approximate surface area is 90.8 Å². The fourth-order valence-corrected chi connectivity index (χ4v) is 1.91. The standard InChI is InChI=1S/C12H10O4/c1-5-6(2)9-7(4-8(5)16-3)10(13)12(15)11(9)14/h4H,1-3H3. The number of hydrogen-bond acceptors (Lipinski definition) is 4. The second-order valence-electron chi connectivity index (χ2n) is 3.74. The Morgan fingerprint density at radius 2 is 1.56 bits per heavy atom.